The number of nitrogens with zero attached hydrogens (tertiary/aromatic N) is 1. The molecule has 170 valence electrons. The van der Waals surface area contributed by atoms with Crippen molar-refractivity contribution >= 4 is 33.3 Å². The van der Waals surface area contributed by atoms with Crippen LogP contribution in [0.4, 0.5) is 11.4 Å². The van der Waals surface area contributed by atoms with Crippen molar-refractivity contribution < 1.29 is 4.42 Å². The topological polar surface area (TPSA) is 16.4 Å². The average molecular weight is 446 g/mol. The average Bonchev–Trinajstić information content (AvgIpc) is 3.30. The van der Waals surface area contributed by atoms with Crippen molar-refractivity contribution in [3.63, 3.8) is 0 Å². The predicted octanol–water partition coefficient (Wildman–Crippen LogP) is 8.96. The molecule has 2 heteroatoms. The number of furan rings is 1. The zero-order chi connectivity index (χ0) is 23.8. The maximum Gasteiger partial charge on any atom is 0.139 e. The van der Waals surface area contributed by atoms with Crippen molar-refractivity contribution in [2.45, 2.75) is 45.4 Å². The largest absolute Gasteiger partial charge is 0.456 e. The second kappa shape index (κ2) is 6.99. The maximum absolute atomic E-state index is 6.46. The van der Waals surface area contributed by atoms with Gasteiger partial charge in [-0.15, -0.1) is 0 Å². The SMILES string of the molecule is CN(c1ccc2c(c1)C(C)(C)c1ccccc1-2)c1ccc2c(c1)oc1c(C(C)(C)C)cccc12. The molecule has 34 heavy (non-hydrogen) atoms. The van der Waals surface area contributed by atoms with E-state index in [2.05, 4.69) is 125 Å². The predicted molar refractivity (Wildman–Crippen MR) is 144 cm³/mol. The molecule has 0 saturated heterocycles. The summed E-state index contributed by atoms with van der Waals surface area (Å²) in [6.45, 7) is 11.4. The molecular weight excluding hydrogens is 414 g/mol. The van der Waals surface area contributed by atoms with Gasteiger partial charge >= 0.3 is 0 Å². The van der Waals surface area contributed by atoms with Crippen LogP contribution in [0, 0.1) is 0 Å². The zero-order valence-electron chi connectivity index (χ0n) is 20.9. The number of fused-ring (bicyclic) bond motifs is 6. The van der Waals surface area contributed by atoms with Gasteiger partial charge in [0.1, 0.15) is 11.2 Å². The fourth-order valence-electron chi connectivity index (χ4n) is 5.64. The highest BCUT2D eigenvalue weighted by Crippen LogP contribution is 2.49. The Morgan fingerprint density at radius 1 is 0.706 bits per heavy atom. The van der Waals surface area contributed by atoms with Crippen LogP contribution in [0.3, 0.4) is 0 Å². The van der Waals surface area contributed by atoms with Gasteiger partial charge in [0, 0.05) is 46.2 Å². The van der Waals surface area contributed by atoms with Crippen LogP contribution in [0.2, 0.25) is 0 Å². The van der Waals surface area contributed by atoms with Crippen LogP contribution in [0.5, 0.6) is 0 Å². The van der Waals surface area contributed by atoms with Gasteiger partial charge in [-0.25, -0.2) is 0 Å². The van der Waals surface area contributed by atoms with Gasteiger partial charge in [-0.3, -0.25) is 0 Å². The molecule has 1 aliphatic rings. The number of anilines is 2. The van der Waals surface area contributed by atoms with Crippen molar-refractivity contribution in [3.8, 4) is 11.1 Å². The van der Waals surface area contributed by atoms with Crippen LogP contribution in [0.25, 0.3) is 33.1 Å². The highest BCUT2D eigenvalue weighted by Gasteiger charge is 2.35. The van der Waals surface area contributed by atoms with E-state index in [1.807, 2.05) is 0 Å². The molecular formula is C32H31NO. The molecule has 0 aliphatic heterocycles. The Morgan fingerprint density at radius 3 is 2.21 bits per heavy atom. The van der Waals surface area contributed by atoms with Gasteiger partial charge in [-0.2, -0.15) is 0 Å². The minimum absolute atomic E-state index is 0.00514. The molecule has 1 heterocycles. The lowest BCUT2D eigenvalue weighted by atomic mass is 9.82. The first kappa shape index (κ1) is 21.0. The van der Waals surface area contributed by atoms with E-state index in [4.69, 9.17) is 4.42 Å². The Morgan fingerprint density at radius 2 is 1.41 bits per heavy atom. The van der Waals surface area contributed by atoms with Crippen LogP contribution in [-0.4, -0.2) is 7.05 Å². The van der Waals surface area contributed by atoms with E-state index in [0.29, 0.717) is 0 Å². The minimum Gasteiger partial charge on any atom is -0.456 e. The van der Waals surface area contributed by atoms with Gasteiger partial charge in [0.15, 0.2) is 0 Å². The number of para-hydroxylation sites is 1. The molecule has 0 N–H and O–H groups in total. The van der Waals surface area contributed by atoms with Crippen LogP contribution in [0.1, 0.15) is 51.3 Å². The van der Waals surface area contributed by atoms with Crippen LogP contribution in [0.15, 0.2) is 83.3 Å². The summed E-state index contributed by atoms with van der Waals surface area (Å²) in [5.41, 5.74) is 11.0. The Hall–Kier alpha value is -3.52. The highest BCUT2D eigenvalue weighted by atomic mass is 16.3. The third-order valence-corrected chi connectivity index (χ3v) is 7.63. The molecule has 0 spiro atoms. The quantitative estimate of drug-likeness (QED) is 0.270. The molecule has 6 rings (SSSR count). The summed E-state index contributed by atoms with van der Waals surface area (Å²) in [4.78, 5) is 2.26. The van der Waals surface area contributed by atoms with Gasteiger partial charge in [-0.05, 0) is 51.9 Å². The molecule has 0 unspecified atom stereocenters. The normalized spacial score (nSPS) is 14.4. The first-order valence-corrected chi connectivity index (χ1v) is 12.1. The van der Waals surface area contributed by atoms with Gasteiger partial charge in [0.05, 0.1) is 0 Å². The number of rotatable bonds is 2. The Labute approximate surface area is 201 Å². The van der Waals surface area contributed by atoms with Crippen molar-refractivity contribution in [2.75, 3.05) is 11.9 Å². The van der Waals surface area contributed by atoms with E-state index in [1.165, 1.54) is 44.3 Å². The fraction of sp³-hybridized carbons (Fsp3) is 0.250. The van der Waals surface area contributed by atoms with Gasteiger partial charge in [-0.1, -0.05) is 83.1 Å². The summed E-state index contributed by atoms with van der Waals surface area (Å²) in [5, 5.41) is 2.36. The molecule has 0 radical (unpaired) electrons. The lowest BCUT2D eigenvalue weighted by molar-refractivity contribution is 0.573. The summed E-state index contributed by atoms with van der Waals surface area (Å²) >= 11 is 0. The molecule has 4 aromatic carbocycles. The van der Waals surface area contributed by atoms with E-state index < -0.39 is 0 Å². The Balaban J connectivity index is 1.44. The van der Waals surface area contributed by atoms with Crippen molar-refractivity contribution in [1.29, 1.82) is 0 Å². The third-order valence-electron chi connectivity index (χ3n) is 7.63. The molecule has 0 amide bonds. The first-order chi connectivity index (χ1) is 16.2. The van der Waals surface area contributed by atoms with Crippen LogP contribution < -0.4 is 4.90 Å². The van der Waals surface area contributed by atoms with Crippen LogP contribution in [-0.2, 0) is 10.8 Å². The van der Waals surface area contributed by atoms with E-state index in [9.17, 15) is 0 Å². The van der Waals surface area contributed by atoms with E-state index >= 15 is 0 Å². The van der Waals surface area contributed by atoms with E-state index in [0.717, 1.165) is 16.9 Å². The van der Waals surface area contributed by atoms with E-state index in [-0.39, 0.29) is 10.8 Å². The van der Waals surface area contributed by atoms with Gasteiger partial charge < -0.3 is 9.32 Å². The number of hydrogen-bond acceptors (Lipinski definition) is 2. The molecule has 1 aliphatic carbocycles. The molecule has 0 bridgehead atoms. The number of benzene rings is 4. The third kappa shape index (κ3) is 2.94. The Kier molecular flexibility index (Phi) is 4.33. The van der Waals surface area contributed by atoms with Gasteiger partial charge in [0.2, 0.25) is 0 Å². The zero-order valence-corrected chi connectivity index (χ0v) is 20.9. The molecule has 1 aromatic heterocycles. The second-order valence-corrected chi connectivity index (χ2v) is 11.2. The summed E-state index contributed by atoms with van der Waals surface area (Å²) < 4.78 is 6.46. The lowest BCUT2D eigenvalue weighted by Crippen LogP contribution is -2.16. The van der Waals surface area contributed by atoms with Crippen molar-refractivity contribution in [3.05, 3.63) is 95.6 Å². The Bertz CT molecular complexity index is 1580. The summed E-state index contributed by atoms with van der Waals surface area (Å²) in [5.74, 6) is 0. The van der Waals surface area contributed by atoms with Crippen molar-refractivity contribution in [2.24, 2.45) is 0 Å². The standard InChI is InChI=1S/C32H31NO/c1-31(2,3)27-13-9-11-25-24-17-15-21(19-29(24)34-30(25)27)33(6)20-14-16-23-22-10-7-8-12-26(22)32(4,5)28(23)18-20/h7-19H,1-6H3. The summed E-state index contributed by atoms with van der Waals surface area (Å²) in [6, 6.07) is 28.7. The smallest absolute Gasteiger partial charge is 0.139 e. The highest BCUT2D eigenvalue weighted by molar-refractivity contribution is 6.07. The molecule has 2 nitrogen and oxygen atoms in total. The first-order valence-electron chi connectivity index (χ1n) is 12.1. The van der Waals surface area contributed by atoms with Crippen LogP contribution >= 0.6 is 0 Å². The molecule has 5 aromatic rings. The monoisotopic (exact) mass is 445 g/mol. The maximum atomic E-state index is 6.46. The summed E-state index contributed by atoms with van der Waals surface area (Å²) in [6.07, 6.45) is 0. The fourth-order valence-corrected chi connectivity index (χ4v) is 5.64. The molecule has 0 fully saturated rings. The van der Waals surface area contributed by atoms with Crippen molar-refractivity contribution in [1.82, 2.24) is 0 Å². The van der Waals surface area contributed by atoms with Gasteiger partial charge in [0.25, 0.3) is 0 Å². The lowest BCUT2D eigenvalue weighted by Gasteiger charge is -2.25. The number of hydrogen-bond donors (Lipinski definition) is 0. The molecule has 0 saturated carbocycles. The summed E-state index contributed by atoms with van der Waals surface area (Å²) in [7, 11) is 2.14. The molecule has 0 atom stereocenters. The second-order valence-electron chi connectivity index (χ2n) is 11.2. The van der Waals surface area contributed by atoms with E-state index in [1.54, 1.807) is 0 Å². The minimum atomic E-state index is -0.00514.